The minimum absolute atomic E-state index is 0.320. The maximum atomic E-state index is 12.0. The number of hydrogen-bond donors (Lipinski definition) is 1. The quantitative estimate of drug-likeness (QED) is 0.0374. The highest BCUT2D eigenvalue weighted by Gasteiger charge is 2.10. The Bertz CT molecular complexity index is 804. The van der Waals surface area contributed by atoms with Crippen LogP contribution in [-0.4, -0.2) is 23.0 Å². The Balaban J connectivity index is 0. The number of esters is 2. The van der Waals surface area contributed by atoms with Crippen LogP contribution in [0.5, 0.6) is 0 Å². The summed E-state index contributed by atoms with van der Waals surface area (Å²) in [7, 11) is 0. The molecule has 1 N–H and O–H groups in total. The molecule has 0 aliphatic heterocycles. The van der Waals surface area contributed by atoms with Gasteiger partial charge in [0.25, 0.3) is 0 Å². The predicted octanol–water partition coefficient (Wildman–Crippen LogP) is 19.7. The first-order chi connectivity index (χ1) is 30.0. The van der Waals surface area contributed by atoms with Gasteiger partial charge in [-0.3, -0.25) is 14.4 Å². The van der Waals surface area contributed by atoms with E-state index in [-0.39, 0.29) is 11.9 Å². The standard InChI is InChI=1S/C44H86O3.C12H24O2/c1-3-5-7-9-11-13-15-17-19-21-23-25-27-29-31-33-35-37-39-41-43(45)47-44(46)42-40-38-36-34-32-30-28-26-24-22-20-18-16-14-12-10-8-6-4-2;1-2-3-4-5-6-7-8-9-10-11-12(13)14/h3-42H2,1-2H3;2-11H2,1H3,(H,13,14). The van der Waals surface area contributed by atoms with Gasteiger partial charge in [-0.05, 0) is 19.3 Å². The molecule has 0 rings (SSSR count). The normalized spacial score (nSPS) is 11.1. The summed E-state index contributed by atoms with van der Waals surface area (Å²) < 4.78 is 5.05. The van der Waals surface area contributed by atoms with Crippen LogP contribution in [-0.2, 0) is 19.1 Å². The zero-order chi connectivity index (χ0) is 44.8. The van der Waals surface area contributed by atoms with E-state index in [1.807, 2.05) is 0 Å². The van der Waals surface area contributed by atoms with Gasteiger partial charge >= 0.3 is 17.9 Å². The lowest BCUT2D eigenvalue weighted by atomic mass is 10.0. The highest BCUT2D eigenvalue weighted by molar-refractivity contribution is 5.85. The Morgan fingerprint density at radius 1 is 0.246 bits per heavy atom. The molecule has 0 amide bonds. The number of carbonyl (C=O) groups excluding carboxylic acids is 2. The van der Waals surface area contributed by atoms with Crippen molar-refractivity contribution in [3.8, 4) is 0 Å². The number of carboxylic acids is 1. The number of carboxylic acid groups (broad SMARTS) is 1. The number of unbranched alkanes of at least 4 members (excludes halogenated alkanes) is 44. The second-order valence-corrected chi connectivity index (χ2v) is 19.0. The molecule has 0 saturated carbocycles. The first kappa shape index (κ1) is 61.7. The second-order valence-electron chi connectivity index (χ2n) is 19.0. The molecular weight excluding hydrogens is 753 g/mol. The van der Waals surface area contributed by atoms with Crippen LogP contribution >= 0.6 is 0 Å². The number of aliphatic carboxylic acids is 1. The molecule has 0 radical (unpaired) electrons. The Labute approximate surface area is 382 Å². The van der Waals surface area contributed by atoms with Crippen LogP contribution in [0.1, 0.15) is 342 Å². The summed E-state index contributed by atoms with van der Waals surface area (Å²) in [5.74, 6) is -1.30. The van der Waals surface area contributed by atoms with Gasteiger partial charge in [0.15, 0.2) is 0 Å². The summed E-state index contributed by atoms with van der Waals surface area (Å²) in [4.78, 5) is 34.2. The van der Waals surface area contributed by atoms with Crippen LogP contribution < -0.4 is 0 Å². The average molecular weight is 863 g/mol. The van der Waals surface area contributed by atoms with Crippen molar-refractivity contribution in [2.75, 3.05) is 0 Å². The van der Waals surface area contributed by atoms with Crippen LogP contribution in [0.2, 0.25) is 0 Å². The van der Waals surface area contributed by atoms with Crippen molar-refractivity contribution in [3.63, 3.8) is 0 Å². The zero-order valence-electron chi connectivity index (χ0n) is 41.9. The number of carbonyl (C=O) groups is 3. The molecule has 364 valence electrons. The lowest BCUT2D eigenvalue weighted by molar-refractivity contribution is -0.159. The van der Waals surface area contributed by atoms with Crippen LogP contribution in [0.4, 0.5) is 0 Å². The Kier molecular flexibility index (Phi) is 57.3. The van der Waals surface area contributed by atoms with Gasteiger partial charge in [-0.25, -0.2) is 0 Å². The fourth-order valence-corrected chi connectivity index (χ4v) is 8.51. The summed E-state index contributed by atoms with van der Waals surface area (Å²) >= 11 is 0. The molecular formula is C56H110O5. The molecule has 0 aliphatic rings. The van der Waals surface area contributed by atoms with E-state index in [1.165, 1.54) is 263 Å². The monoisotopic (exact) mass is 863 g/mol. The third-order valence-electron chi connectivity index (χ3n) is 12.7. The molecule has 61 heavy (non-hydrogen) atoms. The van der Waals surface area contributed by atoms with E-state index < -0.39 is 5.97 Å². The summed E-state index contributed by atoms with van der Waals surface area (Å²) in [6.45, 7) is 6.81. The van der Waals surface area contributed by atoms with E-state index in [9.17, 15) is 14.4 Å². The van der Waals surface area contributed by atoms with Crippen molar-refractivity contribution < 1.29 is 24.2 Å². The number of rotatable bonds is 50. The van der Waals surface area contributed by atoms with Crippen molar-refractivity contribution >= 4 is 17.9 Å². The third kappa shape index (κ3) is 60.7. The minimum Gasteiger partial charge on any atom is -0.481 e. The summed E-state index contributed by atoms with van der Waals surface area (Å²) in [5, 5.41) is 8.41. The summed E-state index contributed by atoms with van der Waals surface area (Å²) in [6, 6.07) is 0. The van der Waals surface area contributed by atoms with Gasteiger partial charge in [-0.2, -0.15) is 0 Å². The molecule has 5 nitrogen and oxygen atoms in total. The largest absolute Gasteiger partial charge is 0.481 e. The van der Waals surface area contributed by atoms with Crippen LogP contribution in [0.3, 0.4) is 0 Å². The molecule has 0 aliphatic carbocycles. The highest BCUT2D eigenvalue weighted by Crippen LogP contribution is 2.17. The topological polar surface area (TPSA) is 80.7 Å². The molecule has 5 heteroatoms. The molecule has 0 spiro atoms. The lowest BCUT2D eigenvalue weighted by Gasteiger charge is -2.05. The minimum atomic E-state index is -0.659. The van der Waals surface area contributed by atoms with Gasteiger partial charge in [0.2, 0.25) is 0 Å². The predicted molar refractivity (Wildman–Crippen MR) is 267 cm³/mol. The Morgan fingerprint density at radius 2 is 0.393 bits per heavy atom. The molecule has 0 atom stereocenters. The fourth-order valence-electron chi connectivity index (χ4n) is 8.51. The molecule has 0 saturated heterocycles. The van der Waals surface area contributed by atoms with Crippen molar-refractivity contribution in [2.45, 2.75) is 342 Å². The molecule has 0 aromatic heterocycles. The van der Waals surface area contributed by atoms with Crippen LogP contribution in [0.25, 0.3) is 0 Å². The Hall–Kier alpha value is -1.39. The number of hydrogen-bond acceptors (Lipinski definition) is 4. The maximum Gasteiger partial charge on any atom is 0.313 e. The average Bonchev–Trinajstić information content (AvgIpc) is 3.24. The maximum absolute atomic E-state index is 12.0. The van der Waals surface area contributed by atoms with Crippen molar-refractivity contribution in [1.82, 2.24) is 0 Å². The van der Waals surface area contributed by atoms with Gasteiger partial charge in [0.05, 0.1) is 0 Å². The molecule has 0 heterocycles. The summed E-state index contributed by atoms with van der Waals surface area (Å²) in [6.07, 6.45) is 63.3. The third-order valence-corrected chi connectivity index (χ3v) is 12.7. The smallest absolute Gasteiger partial charge is 0.313 e. The van der Waals surface area contributed by atoms with E-state index >= 15 is 0 Å². The van der Waals surface area contributed by atoms with E-state index in [4.69, 9.17) is 9.84 Å². The zero-order valence-corrected chi connectivity index (χ0v) is 41.9. The van der Waals surface area contributed by atoms with E-state index in [2.05, 4.69) is 20.8 Å². The SMILES string of the molecule is CCCCCCCCCCCC(=O)O.CCCCCCCCCCCCCCCCCCCCCC(=O)OC(=O)CCCCCCCCCCCCCCCCCCCCC. The van der Waals surface area contributed by atoms with Crippen molar-refractivity contribution in [2.24, 2.45) is 0 Å². The summed E-state index contributed by atoms with van der Waals surface area (Å²) in [5.41, 5.74) is 0. The van der Waals surface area contributed by atoms with Gasteiger partial charge in [-0.15, -0.1) is 0 Å². The molecule has 0 aromatic rings. The van der Waals surface area contributed by atoms with Gasteiger partial charge < -0.3 is 9.84 Å². The van der Waals surface area contributed by atoms with Crippen LogP contribution in [0.15, 0.2) is 0 Å². The molecule has 0 fully saturated rings. The number of ether oxygens (including phenoxy) is 1. The molecule has 0 aromatic carbocycles. The first-order valence-electron chi connectivity index (χ1n) is 27.9. The van der Waals surface area contributed by atoms with E-state index in [0.717, 1.165) is 38.5 Å². The molecule has 0 bridgehead atoms. The van der Waals surface area contributed by atoms with Crippen molar-refractivity contribution in [1.29, 1.82) is 0 Å². The fraction of sp³-hybridized carbons (Fsp3) is 0.946. The lowest BCUT2D eigenvalue weighted by Crippen LogP contribution is -2.11. The second kappa shape index (κ2) is 56.6. The molecule has 0 unspecified atom stereocenters. The highest BCUT2D eigenvalue weighted by atomic mass is 16.6. The Morgan fingerprint density at radius 3 is 0.557 bits per heavy atom. The van der Waals surface area contributed by atoms with E-state index in [1.54, 1.807) is 0 Å². The van der Waals surface area contributed by atoms with Gasteiger partial charge in [0, 0.05) is 19.3 Å². The van der Waals surface area contributed by atoms with Crippen LogP contribution in [0, 0.1) is 0 Å². The van der Waals surface area contributed by atoms with Gasteiger partial charge in [-0.1, -0.05) is 303 Å². The first-order valence-corrected chi connectivity index (χ1v) is 27.9. The van der Waals surface area contributed by atoms with Gasteiger partial charge in [0.1, 0.15) is 0 Å². The van der Waals surface area contributed by atoms with Crippen molar-refractivity contribution in [3.05, 3.63) is 0 Å². The van der Waals surface area contributed by atoms with E-state index in [0.29, 0.717) is 19.3 Å².